The number of hydrogen-bond acceptors (Lipinski definition) is 3. The lowest BCUT2D eigenvalue weighted by Gasteiger charge is -2.16. The molecule has 1 saturated carbocycles. The quantitative estimate of drug-likeness (QED) is 0.483. The standard InChI is InChI=1S/C7H14N2O/c8-9-3-4-10-6-7(5-9)1-2-7/h1-6,8H2. The Bertz CT molecular complexity index is 134. The van der Waals surface area contributed by atoms with Gasteiger partial charge in [-0.3, -0.25) is 5.84 Å². The maximum absolute atomic E-state index is 5.70. The first kappa shape index (κ1) is 6.58. The normalized spacial score (nSPS) is 32.1. The SMILES string of the molecule is NN1CCOCC2(CC2)C1. The van der Waals surface area contributed by atoms with E-state index in [4.69, 9.17) is 10.6 Å². The van der Waals surface area contributed by atoms with Gasteiger partial charge in [0.1, 0.15) is 0 Å². The van der Waals surface area contributed by atoms with Crippen LogP contribution in [0.5, 0.6) is 0 Å². The summed E-state index contributed by atoms with van der Waals surface area (Å²) in [7, 11) is 0. The topological polar surface area (TPSA) is 38.5 Å². The molecule has 2 N–H and O–H groups in total. The second-order valence-electron chi connectivity index (χ2n) is 3.52. The Kier molecular flexibility index (Phi) is 1.44. The third-order valence-corrected chi connectivity index (χ3v) is 2.43. The fourth-order valence-electron chi connectivity index (χ4n) is 1.51. The number of ether oxygens (including phenoxy) is 1. The Labute approximate surface area is 61.1 Å². The monoisotopic (exact) mass is 142 g/mol. The predicted molar refractivity (Wildman–Crippen MR) is 38.2 cm³/mol. The number of rotatable bonds is 0. The van der Waals surface area contributed by atoms with Crippen molar-refractivity contribution in [1.82, 2.24) is 5.01 Å². The van der Waals surface area contributed by atoms with E-state index in [2.05, 4.69) is 0 Å². The van der Waals surface area contributed by atoms with Crippen LogP contribution in [-0.2, 0) is 4.74 Å². The molecular weight excluding hydrogens is 128 g/mol. The third-order valence-electron chi connectivity index (χ3n) is 2.43. The maximum atomic E-state index is 5.70. The van der Waals surface area contributed by atoms with E-state index in [-0.39, 0.29) is 0 Å². The molecule has 1 aliphatic carbocycles. The molecule has 0 amide bonds. The Hall–Kier alpha value is -0.120. The number of nitrogens with zero attached hydrogens (tertiary/aromatic N) is 1. The molecule has 0 radical (unpaired) electrons. The van der Waals surface area contributed by atoms with Crippen LogP contribution in [0.15, 0.2) is 0 Å². The summed E-state index contributed by atoms with van der Waals surface area (Å²) in [5, 5.41) is 1.89. The summed E-state index contributed by atoms with van der Waals surface area (Å²) in [6.07, 6.45) is 2.61. The molecule has 1 spiro atoms. The molecule has 3 heteroatoms. The average Bonchev–Trinajstić information content (AvgIpc) is 2.64. The van der Waals surface area contributed by atoms with E-state index in [0.717, 1.165) is 26.3 Å². The summed E-state index contributed by atoms with van der Waals surface area (Å²) in [6, 6.07) is 0. The highest BCUT2D eigenvalue weighted by Crippen LogP contribution is 2.46. The molecule has 10 heavy (non-hydrogen) atoms. The van der Waals surface area contributed by atoms with Crippen LogP contribution in [0.1, 0.15) is 12.8 Å². The van der Waals surface area contributed by atoms with Gasteiger partial charge in [-0.05, 0) is 12.8 Å². The van der Waals surface area contributed by atoms with E-state index in [1.807, 2.05) is 5.01 Å². The Balaban J connectivity index is 1.96. The van der Waals surface area contributed by atoms with Crippen molar-refractivity contribution >= 4 is 0 Å². The van der Waals surface area contributed by atoms with Crippen molar-refractivity contribution in [3.63, 3.8) is 0 Å². The maximum Gasteiger partial charge on any atom is 0.0607 e. The van der Waals surface area contributed by atoms with Crippen LogP contribution in [-0.4, -0.2) is 31.3 Å². The number of hydrazine groups is 1. The predicted octanol–water partition coefficient (Wildman–Crippen LogP) is -0.0275. The molecule has 0 aromatic heterocycles. The highest BCUT2D eigenvalue weighted by molar-refractivity contribution is 4.95. The number of nitrogens with two attached hydrogens (primary N) is 1. The summed E-state index contributed by atoms with van der Waals surface area (Å²) >= 11 is 0. The minimum atomic E-state index is 0.464. The van der Waals surface area contributed by atoms with Gasteiger partial charge in [0.15, 0.2) is 0 Å². The first-order chi connectivity index (χ1) is 4.81. The van der Waals surface area contributed by atoms with Crippen molar-refractivity contribution in [3.05, 3.63) is 0 Å². The van der Waals surface area contributed by atoms with E-state index in [1.54, 1.807) is 0 Å². The highest BCUT2D eigenvalue weighted by Gasteiger charge is 2.44. The second-order valence-corrected chi connectivity index (χ2v) is 3.52. The zero-order chi connectivity index (χ0) is 7.03. The minimum absolute atomic E-state index is 0.464. The molecule has 0 bridgehead atoms. The van der Waals surface area contributed by atoms with Crippen molar-refractivity contribution in [2.45, 2.75) is 12.8 Å². The van der Waals surface area contributed by atoms with Crippen molar-refractivity contribution in [3.8, 4) is 0 Å². The molecule has 1 heterocycles. The van der Waals surface area contributed by atoms with Crippen LogP contribution in [0.25, 0.3) is 0 Å². The Morgan fingerprint density at radius 1 is 1.40 bits per heavy atom. The van der Waals surface area contributed by atoms with E-state index in [0.29, 0.717) is 5.41 Å². The van der Waals surface area contributed by atoms with Gasteiger partial charge in [-0.25, -0.2) is 5.01 Å². The van der Waals surface area contributed by atoms with Crippen molar-refractivity contribution < 1.29 is 4.74 Å². The van der Waals surface area contributed by atoms with Gasteiger partial charge in [0.25, 0.3) is 0 Å². The lowest BCUT2D eigenvalue weighted by Crippen LogP contribution is -2.36. The van der Waals surface area contributed by atoms with E-state index in [1.165, 1.54) is 12.8 Å². The summed E-state index contributed by atoms with van der Waals surface area (Å²) in [4.78, 5) is 0. The second kappa shape index (κ2) is 2.19. The van der Waals surface area contributed by atoms with Gasteiger partial charge in [0, 0.05) is 18.5 Å². The van der Waals surface area contributed by atoms with Gasteiger partial charge in [-0.2, -0.15) is 0 Å². The van der Waals surface area contributed by atoms with Crippen LogP contribution in [0, 0.1) is 5.41 Å². The molecule has 1 saturated heterocycles. The zero-order valence-electron chi connectivity index (χ0n) is 6.18. The van der Waals surface area contributed by atoms with E-state index >= 15 is 0 Å². The lowest BCUT2D eigenvalue weighted by atomic mass is 10.1. The summed E-state index contributed by atoms with van der Waals surface area (Å²) in [5.74, 6) is 5.70. The van der Waals surface area contributed by atoms with Gasteiger partial charge in [0.2, 0.25) is 0 Å². The van der Waals surface area contributed by atoms with Crippen LogP contribution in [0.4, 0.5) is 0 Å². The minimum Gasteiger partial charge on any atom is -0.379 e. The Morgan fingerprint density at radius 3 is 2.90 bits per heavy atom. The first-order valence-corrected chi connectivity index (χ1v) is 3.88. The van der Waals surface area contributed by atoms with Crippen LogP contribution in [0.2, 0.25) is 0 Å². The lowest BCUT2D eigenvalue weighted by molar-refractivity contribution is 0.115. The Morgan fingerprint density at radius 2 is 2.20 bits per heavy atom. The van der Waals surface area contributed by atoms with Gasteiger partial charge >= 0.3 is 0 Å². The van der Waals surface area contributed by atoms with Crippen LogP contribution in [0.3, 0.4) is 0 Å². The molecule has 58 valence electrons. The molecule has 0 aromatic rings. The largest absolute Gasteiger partial charge is 0.379 e. The highest BCUT2D eigenvalue weighted by atomic mass is 16.5. The van der Waals surface area contributed by atoms with Crippen molar-refractivity contribution in [2.75, 3.05) is 26.3 Å². The average molecular weight is 142 g/mol. The summed E-state index contributed by atoms with van der Waals surface area (Å²) in [5.41, 5.74) is 0.464. The molecule has 0 aromatic carbocycles. The zero-order valence-corrected chi connectivity index (χ0v) is 6.18. The molecule has 0 unspecified atom stereocenters. The van der Waals surface area contributed by atoms with Crippen LogP contribution < -0.4 is 5.84 Å². The molecule has 2 fully saturated rings. The van der Waals surface area contributed by atoms with Crippen molar-refractivity contribution in [2.24, 2.45) is 11.3 Å². The van der Waals surface area contributed by atoms with Gasteiger partial charge in [-0.15, -0.1) is 0 Å². The van der Waals surface area contributed by atoms with E-state index < -0.39 is 0 Å². The molecule has 1 aliphatic heterocycles. The van der Waals surface area contributed by atoms with Gasteiger partial charge in [0.05, 0.1) is 13.2 Å². The van der Waals surface area contributed by atoms with Gasteiger partial charge < -0.3 is 4.74 Å². The fourth-order valence-corrected chi connectivity index (χ4v) is 1.51. The summed E-state index contributed by atoms with van der Waals surface area (Å²) < 4.78 is 5.42. The van der Waals surface area contributed by atoms with Gasteiger partial charge in [-0.1, -0.05) is 0 Å². The third kappa shape index (κ3) is 1.17. The first-order valence-electron chi connectivity index (χ1n) is 3.88. The number of hydrogen-bond donors (Lipinski definition) is 1. The molecule has 3 nitrogen and oxygen atoms in total. The smallest absolute Gasteiger partial charge is 0.0607 e. The van der Waals surface area contributed by atoms with E-state index in [9.17, 15) is 0 Å². The molecule has 0 atom stereocenters. The molecule has 2 rings (SSSR count). The summed E-state index contributed by atoms with van der Waals surface area (Å²) in [6.45, 7) is 3.66. The van der Waals surface area contributed by atoms with Crippen LogP contribution >= 0.6 is 0 Å². The molecular formula is C7H14N2O. The van der Waals surface area contributed by atoms with Crippen molar-refractivity contribution in [1.29, 1.82) is 0 Å². The molecule has 2 aliphatic rings. The fraction of sp³-hybridized carbons (Fsp3) is 1.00.